The lowest BCUT2D eigenvalue weighted by Gasteiger charge is -2.10. The third kappa shape index (κ3) is 3.54. The fourth-order valence-electron chi connectivity index (χ4n) is 1.58. The zero-order valence-electron chi connectivity index (χ0n) is 10.6. The van der Waals surface area contributed by atoms with Gasteiger partial charge in [0.05, 0.1) is 0 Å². The fourth-order valence-corrected chi connectivity index (χ4v) is 1.80. The summed E-state index contributed by atoms with van der Waals surface area (Å²) in [5.41, 5.74) is 6.23. The SMILES string of the molecule is CC(C)c1nc(N)cc(Nc2cc(F)cc(Cl)c2)n1. The number of nitrogen functional groups attached to an aromatic ring is 1. The molecule has 2 rings (SSSR count). The summed E-state index contributed by atoms with van der Waals surface area (Å²) in [5, 5.41) is 3.28. The minimum atomic E-state index is -0.416. The minimum absolute atomic E-state index is 0.153. The molecule has 0 aliphatic heterocycles. The Morgan fingerprint density at radius 3 is 2.58 bits per heavy atom. The first-order chi connectivity index (χ1) is 8.94. The van der Waals surface area contributed by atoms with Crippen LogP contribution < -0.4 is 11.1 Å². The van der Waals surface area contributed by atoms with E-state index in [0.29, 0.717) is 28.2 Å². The van der Waals surface area contributed by atoms with E-state index in [-0.39, 0.29) is 5.92 Å². The van der Waals surface area contributed by atoms with E-state index in [1.54, 1.807) is 12.1 Å². The Kier molecular flexibility index (Phi) is 3.85. The molecule has 19 heavy (non-hydrogen) atoms. The van der Waals surface area contributed by atoms with E-state index in [4.69, 9.17) is 17.3 Å². The Morgan fingerprint density at radius 2 is 1.95 bits per heavy atom. The molecule has 0 amide bonds. The van der Waals surface area contributed by atoms with Gasteiger partial charge in [-0.15, -0.1) is 0 Å². The summed E-state index contributed by atoms with van der Waals surface area (Å²) in [7, 11) is 0. The Labute approximate surface area is 115 Å². The lowest BCUT2D eigenvalue weighted by Crippen LogP contribution is -2.05. The molecular formula is C13H14ClFN4. The predicted molar refractivity (Wildman–Crippen MR) is 75.2 cm³/mol. The second-order valence-corrected chi connectivity index (χ2v) is 4.91. The summed E-state index contributed by atoms with van der Waals surface area (Å²) in [6.45, 7) is 3.94. The van der Waals surface area contributed by atoms with Crippen LogP contribution in [-0.2, 0) is 0 Å². The van der Waals surface area contributed by atoms with E-state index in [2.05, 4.69) is 15.3 Å². The van der Waals surface area contributed by atoms with Crippen molar-refractivity contribution in [2.24, 2.45) is 0 Å². The number of aromatic nitrogens is 2. The van der Waals surface area contributed by atoms with Gasteiger partial charge < -0.3 is 11.1 Å². The highest BCUT2D eigenvalue weighted by molar-refractivity contribution is 6.30. The van der Waals surface area contributed by atoms with E-state index in [9.17, 15) is 4.39 Å². The number of rotatable bonds is 3. The van der Waals surface area contributed by atoms with E-state index in [0.717, 1.165) is 0 Å². The number of nitrogens with one attached hydrogen (secondary N) is 1. The van der Waals surface area contributed by atoms with Crippen LogP contribution in [0.5, 0.6) is 0 Å². The quantitative estimate of drug-likeness (QED) is 0.899. The molecule has 6 heteroatoms. The molecule has 0 fully saturated rings. The minimum Gasteiger partial charge on any atom is -0.384 e. The summed E-state index contributed by atoms with van der Waals surface area (Å²) in [5.74, 6) is 1.24. The van der Waals surface area contributed by atoms with Crippen molar-refractivity contribution in [1.82, 2.24) is 9.97 Å². The van der Waals surface area contributed by atoms with Crippen molar-refractivity contribution in [3.63, 3.8) is 0 Å². The van der Waals surface area contributed by atoms with Gasteiger partial charge in [-0.05, 0) is 18.2 Å². The highest BCUT2D eigenvalue weighted by atomic mass is 35.5. The number of hydrogen-bond acceptors (Lipinski definition) is 4. The number of hydrogen-bond donors (Lipinski definition) is 2. The third-order valence-electron chi connectivity index (χ3n) is 2.41. The third-order valence-corrected chi connectivity index (χ3v) is 2.63. The molecule has 0 aliphatic carbocycles. The van der Waals surface area contributed by atoms with Gasteiger partial charge in [-0.1, -0.05) is 25.4 Å². The number of nitrogens with two attached hydrogens (primary N) is 1. The second kappa shape index (κ2) is 5.40. The van der Waals surface area contributed by atoms with Crippen molar-refractivity contribution in [3.05, 3.63) is 40.9 Å². The van der Waals surface area contributed by atoms with E-state index >= 15 is 0 Å². The first-order valence-corrected chi connectivity index (χ1v) is 6.19. The Morgan fingerprint density at radius 1 is 1.21 bits per heavy atom. The molecule has 0 spiro atoms. The number of anilines is 3. The van der Waals surface area contributed by atoms with Crippen LogP contribution in [0.1, 0.15) is 25.6 Å². The Bertz CT molecular complexity index is 581. The van der Waals surface area contributed by atoms with Gasteiger partial charge in [-0.25, -0.2) is 14.4 Å². The number of benzene rings is 1. The lowest BCUT2D eigenvalue weighted by molar-refractivity contribution is 0.628. The van der Waals surface area contributed by atoms with Crippen LogP contribution in [-0.4, -0.2) is 9.97 Å². The van der Waals surface area contributed by atoms with Crippen molar-refractivity contribution in [2.75, 3.05) is 11.1 Å². The zero-order chi connectivity index (χ0) is 14.0. The Balaban J connectivity index is 2.32. The smallest absolute Gasteiger partial charge is 0.136 e. The van der Waals surface area contributed by atoms with Gasteiger partial charge in [0.2, 0.25) is 0 Å². The second-order valence-electron chi connectivity index (χ2n) is 4.47. The van der Waals surface area contributed by atoms with E-state index in [1.807, 2.05) is 13.8 Å². The van der Waals surface area contributed by atoms with Gasteiger partial charge in [0.15, 0.2) is 0 Å². The van der Waals surface area contributed by atoms with Gasteiger partial charge in [-0.3, -0.25) is 0 Å². The largest absolute Gasteiger partial charge is 0.384 e. The molecule has 100 valence electrons. The van der Waals surface area contributed by atoms with Gasteiger partial charge in [0, 0.05) is 22.7 Å². The van der Waals surface area contributed by atoms with Crippen LogP contribution in [0.3, 0.4) is 0 Å². The first kappa shape index (κ1) is 13.5. The molecule has 0 unspecified atom stereocenters. The van der Waals surface area contributed by atoms with Crippen LogP contribution in [0.4, 0.5) is 21.7 Å². The highest BCUT2D eigenvalue weighted by Crippen LogP contribution is 2.23. The molecule has 1 heterocycles. The normalized spacial score (nSPS) is 10.8. The van der Waals surface area contributed by atoms with Crippen LogP contribution >= 0.6 is 11.6 Å². The van der Waals surface area contributed by atoms with Crippen LogP contribution in [0.15, 0.2) is 24.3 Å². The van der Waals surface area contributed by atoms with Gasteiger partial charge in [0.1, 0.15) is 23.3 Å². The van der Waals surface area contributed by atoms with Crippen molar-refractivity contribution in [2.45, 2.75) is 19.8 Å². The molecule has 0 saturated carbocycles. The molecule has 1 aromatic heterocycles. The molecule has 0 saturated heterocycles. The number of halogens is 2. The van der Waals surface area contributed by atoms with Crippen molar-refractivity contribution in [1.29, 1.82) is 0 Å². The molecular weight excluding hydrogens is 267 g/mol. The highest BCUT2D eigenvalue weighted by Gasteiger charge is 2.07. The topological polar surface area (TPSA) is 63.8 Å². The maximum atomic E-state index is 13.2. The van der Waals surface area contributed by atoms with Crippen LogP contribution in [0.2, 0.25) is 5.02 Å². The van der Waals surface area contributed by atoms with Crippen molar-refractivity contribution >= 4 is 28.9 Å². The van der Waals surface area contributed by atoms with Crippen LogP contribution in [0.25, 0.3) is 0 Å². The standard InChI is InChI=1S/C13H14ClFN4/c1-7(2)13-18-11(16)6-12(19-13)17-10-4-8(14)3-9(15)5-10/h3-7H,1-2H3,(H3,16,17,18,19). The molecule has 0 radical (unpaired) electrons. The van der Waals surface area contributed by atoms with Gasteiger partial charge in [0.25, 0.3) is 0 Å². The zero-order valence-corrected chi connectivity index (χ0v) is 11.4. The van der Waals surface area contributed by atoms with Gasteiger partial charge >= 0.3 is 0 Å². The molecule has 1 aromatic carbocycles. The summed E-state index contributed by atoms with van der Waals surface area (Å²) < 4.78 is 13.2. The van der Waals surface area contributed by atoms with E-state index in [1.165, 1.54) is 12.1 Å². The van der Waals surface area contributed by atoms with Gasteiger partial charge in [-0.2, -0.15) is 0 Å². The van der Waals surface area contributed by atoms with Crippen molar-refractivity contribution < 1.29 is 4.39 Å². The molecule has 0 aliphatic rings. The molecule has 4 nitrogen and oxygen atoms in total. The first-order valence-electron chi connectivity index (χ1n) is 5.81. The molecule has 0 bridgehead atoms. The summed E-state index contributed by atoms with van der Waals surface area (Å²) in [4.78, 5) is 8.46. The molecule has 0 atom stereocenters. The predicted octanol–water partition coefficient (Wildman–Crippen LogP) is 3.72. The summed E-state index contributed by atoms with van der Waals surface area (Å²) in [6.07, 6.45) is 0. The van der Waals surface area contributed by atoms with Crippen molar-refractivity contribution in [3.8, 4) is 0 Å². The average molecular weight is 281 g/mol. The van der Waals surface area contributed by atoms with Crippen LogP contribution in [0, 0.1) is 5.82 Å². The lowest BCUT2D eigenvalue weighted by atomic mass is 10.2. The molecule has 2 aromatic rings. The summed E-state index contributed by atoms with van der Waals surface area (Å²) >= 11 is 5.79. The molecule has 3 N–H and O–H groups in total. The average Bonchev–Trinajstić information content (AvgIpc) is 2.26. The van der Waals surface area contributed by atoms with E-state index < -0.39 is 5.82 Å². The maximum absolute atomic E-state index is 13.2. The summed E-state index contributed by atoms with van der Waals surface area (Å²) in [6, 6.07) is 5.77. The maximum Gasteiger partial charge on any atom is 0.136 e. The number of nitrogens with zero attached hydrogens (tertiary/aromatic N) is 2. The fraction of sp³-hybridized carbons (Fsp3) is 0.231. The Hall–Kier alpha value is -1.88. The monoisotopic (exact) mass is 280 g/mol.